The predicted octanol–water partition coefficient (Wildman–Crippen LogP) is 3.16. The Kier molecular flexibility index (Phi) is 7.91. The third-order valence-electron chi connectivity index (χ3n) is 3.20. The summed E-state index contributed by atoms with van der Waals surface area (Å²) < 4.78 is 0. The minimum atomic E-state index is 0.0599. The van der Waals surface area contributed by atoms with Crippen molar-refractivity contribution >= 4 is 5.91 Å². The maximum atomic E-state index is 11.6. The molecule has 0 heterocycles. The molecule has 1 aromatic rings. The predicted molar refractivity (Wildman–Crippen MR) is 77.6 cm³/mol. The van der Waals surface area contributed by atoms with Crippen molar-refractivity contribution in [2.45, 2.75) is 58.6 Å². The molecule has 1 aromatic carbocycles. The Morgan fingerprint density at radius 1 is 1.05 bits per heavy atom. The molecule has 1 rings (SSSR count). The van der Waals surface area contributed by atoms with E-state index in [1.165, 1.54) is 19.3 Å². The Labute approximate surface area is 116 Å². The lowest BCUT2D eigenvalue weighted by Gasteiger charge is -2.06. The number of nitrogens with one attached hydrogen (secondary N) is 1. The third kappa shape index (κ3) is 6.97. The van der Waals surface area contributed by atoms with Gasteiger partial charge >= 0.3 is 0 Å². The van der Waals surface area contributed by atoms with E-state index in [-0.39, 0.29) is 12.5 Å². The van der Waals surface area contributed by atoms with Gasteiger partial charge in [-0.15, -0.1) is 0 Å². The van der Waals surface area contributed by atoms with E-state index in [0.29, 0.717) is 13.0 Å². The molecule has 0 spiro atoms. The van der Waals surface area contributed by atoms with Gasteiger partial charge < -0.3 is 10.4 Å². The van der Waals surface area contributed by atoms with Crippen LogP contribution in [0.15, 0.2) is 24.3 Å². The fourth-order valence-electron chi connectivity index (χ4n) is 1.94. The first-order chi connectivity index (χ1) is 9.26. The van der Waals surface area contributed by atoms with E-state index >= 15 is 0 Å². The van der Waals surface area contributed by atoms with Gasteiger partial charge in [0.1, 0.15) is 0 Å². The molecule has 0 radical (unpaired) electrons. The van der Waals surface area contributed by atoms with E-state index in [0.717, 1.165) is 24.0 Å². The largest absolute Gasteiger partial charge is 0.392 e. The highest BCUT2D eigenvalue weighted by Gasteiger charge is 2.01. The number of carbonyl (C=O) groups excluding carboxylic acids is 1. The fourth-order valence-corrected chi connectivity index (χ4v) is 1.94. The SMILES string of the molecule is CCCCCCCC(=O)NCc1ccc(CO)cc1. The Morgan fingerprint density at radius 2 is 1.68 bits per heavy atom. The van der Waals surface area contributed by atoms with Gasteiger partial charge in [-0.05, 0) is 17.5 Å². The molecular weight excluding hydrogens is 238 g/mol. The van der Waals surface area contributed by atoms with Crippen LogP contribution >= 0.6 is 0 Å². The summed E-state index contributed by atoms with van der Waals surface area (Å²) in [6.45, 7) is 2.82. The smallest absolute Gasteiger partial charge is 0.220 e. The van der Waals surface area contributed by atoms with Crippen molar-refractivity contribution in [3.8, 4) is 0 Å². The summed E-state index contributed by atoms with van der Waals surface area (Å²) in [6.07, 6.45) is 6.47. The van der Waals surface area contributed by atoms with E-state index in [1.807, 2.05) is 24.3 Å². The standard InChI is InChI=1S/C16H25NO2/c1-2-3-4-5-6-7-16(19)17-12-14-8-10-15(13-18)11-9-14/h8-11,18H,2-7,12-13H2,1H3,(H,17,19). The van der Waals surface area contributed by atoms with Crippen molar-refractivity contribution in [1.82, 2.24) is 5.32 Å². The molecule has 0 fully saturated rings. The van der Waals surface area contributed by atoms with E-state index in [1.54, 1.807) is 0 Å². The molecular formula is C16H25NO2. The van der Waals surface area contributed by atoms with E-state index in [4.69, 9.17) is 5.11 Å². The summed E-state index contributed by atoms with van der Waals surface area (Å²) in [4.78, 5) is 11.6. The highest BCUT2D eigenvalue weighted by atomic mass is 16.3. The number of aliphatic hydroxyl groups excluding tert-OH is 1. The van der Waals surface area contributed by atoms with Crippen LogP contribution in [0, 0.1) is 0 Å². The van der Waals surface area contributed by atoms with Gasteiger partial charge in [0.25, 0.3) is 0 Å². The minimum absolute atomic E-state index is 0.0599. The van der Waals surface area contributed by atoms with Gasteiger partial charge in [-0.2, -0.15) is 0 Å². The van der Waals surface area contributed by atoms with E-state index in [2.05, 4.69) is 12.2 Å². The summed E-state index contributed by atoms with van der Waals surface area (Å²) in [5.41, 5.74) is 1.96. The Hall–Kier alpha value is -1.35. The number of hydrogen-bond donors (Lipinski definition) is 2. The number of carbonyl (C=O) groups is 1. The number of amides is 1. The molecule has 3 nitrogen and oxygen atoms in total. The van der Waals surface area contributed by atoms with Gasteiger partial charge in [0.15, 0.2) is 0 Å². The molecule has 2 N–H and O–H groups in total. The molecule has 0 aromatic heterocycles. The zero-order chi connectivity index (χ0) is 13.9. The van der Waals surface area contributed by atoms with Crippen molar-refractivity contribution < 1.29 is 9.90 Å². The lowest BCUT2D eigenvalue weighted by Crippen LogP contribution is -2.22. The number of hydrogen-bond acceptors (Lipinski definition) is 2. The molecule has 3 heteroatoms. The monoisotopic (exact) mass is 263 g/mol. The molecule has 0 aliphatic carbocycles. The lowest BCUT2D eigenvalue weighted by molar-refractivity contribution is -0.121. The van der Waals surface area contributed by atoms with E-state index in [9.17, 15) is 4.79 Å². The second-order valence-electron chi connectivity index (χ2n) is 4.92. The molecule has 19 heavy (non-hydrogen) atoms. The summed E-state index contributed by atoms with van der Waals surface area (Å²) in [5.74, 6) is 0.128. The average molecular weight is 263 g/mol. The molecule has 0 aliphatic rings. The Bertz CT molecular complexity index is 360. The van der Waals surface area contributed by atoms with Crippen LogP contribution < -0.4 is 5.32 Å². The maximum Gasteiger partial charge on any atom is 0.220 e. The summed E-state index contributed by atoms with van der Waals surface area (Å²) in [6, 6.07) is 7.64. The number of unbranched alkanes of at least 4 members (excludes halogenated alkanes) is 4. The van der Waals surface area contributed by atoms with Gasteiger partial charge in [-0.25, -0.2) is 0 Å². The first-order valence-corrected chi connectivity index (χ1v) is 7.21. The van der Waals surface area contributed by atoms with Gasteiger partial charge in [-0.3, -0.25) is 4.79 Å². The lowest BCUT2D eigenvalue weighted by atomic mass is 10.1. The van der Waals surface area contributed by atoms with Crippen LogP contribution in [0.4, 0.5) is 0 Å². The topological polar surface area (TPSA) is 49.3 Å². The van der Waals surface area contributed by atoms with Gasteiger partial charge in [0.2, 0.25) is 5.91 Å². The second-order valence-corrected chi connectivity index (χ2v) is 4.92. The Balaban J connectivity index is 2.15. The van der Waals surface area contributed by atoms with Gasteiger partial charge in [0, 0.05) is 13.0 Å². The maximum absolute atomic E-state index is 11.6. The van der Waals surface area contributed by atoms with Crippen molar-refractivity contribution in [1.29, 1.82) is 0 Å². The fraction of sp³-hybridized carbons (Fsp3) is 0.562. The second kappa shape index (κ2) is 9.56. The molecule has 0 aliphatic heterocycles. The number of benzene rings is 1. The van der Waals surface area contributed by atoms with Crippen molar-refractivity contribution in [2.24, 2.45) is 0 Å². The van der Waals surface area contributed by atoms with Crippen LogP contribution in [0.5, 0.6) is 0 Å². The summed E-state index contributed by atoms with van der Waals surface area (Å²) in [7, 11) is 0. The number of rotatable bonds is 9. The third-order valence-corrected chi connectivity index (χ3v) is 3.20. The minimum Gasteiger partial charge on any atom is -0.392 e. The van der Waals surface area contributed by atoms with Crippen LogP contribution in [0.2, 0.25) is 0 Å². The molecule has 0 bridgehead atoms. The first-order valence-electron chi connectivity index (χ1n) is 7.21. The normalized spacial score (nSPS) is 10.4. The molecule has 0 atom stereocenters. The average Bonchev–Trinajstić information content (AvgIpc) is 2.45. The highest BCUT2D eigenvalue weighted by molar-refractivity contribution is 5.75. The van der Waals surface area contributed by atoms with Gasteiger partial charge in [0.05, 0.1) is 6.61 Å². The molecule has 0 saturated heterocycles. The molecule has 0 unspecified atom stereocenters. The van der Waals surface area contributed by atoms with Crippen LogP contribution in [0.1, 0.15) is 56.6 Å². The Morgan fingerprint density at radius 3 is 2.32 bits per heavy atom. The van der Waals surface area contributed by atoms with Crippen molar-refractivity contribution in [3.63, 3.8) is 0 Å². The van der Waals surface area contributed by atoms with E-state index < -0.39 is 0 Å². The quantitative estimate of drug-likeness (QED) is 0.672. The molecule has 1 amide bonds. The van der Waals surface area contributed by atoms with Gasteiger partial charge in [-0.1, -0.05) is 56.9 Å². The highest BCUT2D eigenvalue weighted by Crippen LogP contribution is 2.06. The van der Waals surface area contributed by atoms with Crippen molar-refractivity contribution in [2.75, 3.05) is 0 Å². The van der Waals surface area contributed by atoms with Crippen molar-refractivity contribution in [3.05, 3.63) is 35.4 Å². The summed E-state index contributed by atoms with van der Waals surface area (Å²) >= 11 is 0. The zero-order valence-corrected chi connectivity index (χ0v) is 11.8. The first kappa shape index (κ1) is 15.7. The number of aliphatic hydroxyl groups is 1. The zero-order valence-electron chi connectivity index (χ0n) is 11.8. The molecule has 0 saturated carbocycles. The van der Waals surface area contributed by atoms with Crippen LogP contribution in [0.3, 0.4) is 0 Å². The van der Waals surface area contributed by atoms with Crippen LogP contribution in [-0.4, -0.2) is 11.0 Å². The van der Waals surface area contributed by atoms with Crippen LogP contribution in [-0.2, 0) is 17.9 Å². The van der Waals surface area contributed by atoms with Crippen LogP contribution in [0.25, 0.3) is 0 Å². The summed E-state index contributed by atoms with van der Waals surface area (Å²) in [5, 5.41) is 11.9. The molecule has 106 valence electrons.